The first-order valence-corrected chi connectivity index (χ1v) is 6.77. The minimum absolute atomic E-state index is 0.101. The van der Waals surface area contributed by atoms with E-state index in [1.807, 2.05) is 45.3 Å². The minimum atomic E-state index is -0.428. The van der Waals surface area contributed by atoms with E-state index in [1.165, 1.54) is 0 Å². The van der Waals surface area contributed by atoms with Gasteiger partial charge in [0.1, 0.15) is 0 Å². The second kappa shape index (κ2) is 7.92. The van der Waals surface area contributed by atoms with Gasteiger partial charge >= 0.3 is 0 Å². The lowest BCUT2D eigenvalue weighted by Gasteiger charge is -2.13. The molecular formula is C15H25N3O. The third-order valence-electron chi connectivity index (χ3n) is 2.99. The normalized spacial score (nSPS) is 12.5. The molecule has 1 aromatic rings. The van der Waals surface area contributed by atoms with Gasteiger partial charge in [-0.15, -0.1) is 0 Å². The van der Waals surface area contributed by atoms with E-state index in [2.05, 4.69) is 10.2 Å². The number of nitrogens with zero attached hydrogens (tertiary/aromatic N) is 1. The summed E-state index contributed by atoms with van der Waals surface area (Å²) in [7, 11) is 4.09. The van der Waals surface area contributed by atoms with E-state index in [0.29, 0.717) is 0 Å². The summed E-state index contributed by atoms with van der Waals surface area (Å²) < 4.78 is 0. The Balaban J connectivity index is 2.32. The maximum Gasteiger partial charge on any atom is 0.241 e. The van der Waals surface area contributed by atoms with E-state index in [-0.39, 0.29) is 5.91 Å². The highest BCUT2D eigenvalue weighted by atomic mass is 16.2. The average molecular weight is 263 g/mol. The molecule has 0 saturated carbocycles. The van der Waals surface area contributed by atoms with Gasteiger partial charge < -0.3 is 16.0 Å². The second-order valence-electron chi connectivity index (χ2n) is 5.26. The highest BCUT2D eigenvalue weighted by molar-refractivity contribution is 5.94. The van der Waals surface area contributed by atoms with E-state index >= 15 is 0 Å². The molecule has 0 aromatic heterocycles. The number of carbonyl (C=O) groups excluding carboxylic acids is 1. The van der Waals surface area contributed by atoms with Crippen LogP contribution < -0.4 is 11.1 Å². The Kier molecular flexibility index (Phi) is 6.53. The quantitative estimate of drug-likeness (QED) is 0.740. The molecule has 1 amide bonds. The van der Waals surface area contributed by atoms with Crippen molar-refractivity contribution < 1.29 is 4.79 Å². The number of rotatable bonds is 7. The number of carbonyl (C=O) groups is 1. The van der Waals surface area contributed by atoms with Crippen LogP contribution in [0.2, 0.25) is 0 Å². The number of nitrogens with two attached hydrogens (primary N) is 1. The molecule has 0 aliphatic rings. The highest BCUT2D eigenvalue weighted by Crippen LogP contribution is 2.10. The Morgan fingerprint density at radius 1 is 1.37 bits per heavy atom. The number of amides is 1. The topological polar surface area (TPSA) is 58.4 Å². The molecule has 4 heteroatoms. The van der Waals surface area contributed by atoms with Gasteiger partial charge in [-0.2, -0.15) is 0 Å². The van der Waals surface area contributed by atoms with Crippen LogP contribution in [0.3, 0.4) is 0 Å². The lowest BCUT2D eigenvalue weighted by molar-refractivity contribution is -0.117. The number of anilines is 1. The molecule has 0 fully saturated rings. The van der Waals surface area contributed by atoms with Crippen molar-refractivity contribution in [2.24, 2.45) is 5.73 Å². The molecular weight excluding hydrogens is 238 g/mol. The Bertz CT molecular complexity index is 404. The van der Waals surface area contributed by atoms with Crippen molar-refractivity contribution in [3.63, 3.8) is 0 Å². The zero-order chi connectivity index (χ0) is 14.3. The molecule has 0 bridgehead atoms. The summed E-state index contributed by atoms with van der Waals surface area (Å²) in [6.07, 6.45) is 2.77. The molecule has 106 valence electrons. The Morgan fingerprint density at radius 3 is 2.74 bits per heavy atom. The summed E-state index contributed by atoms with van der Waals surface area (Å²) in [5.74, 6) is -0.101. The first-order chi connectivity index (χ1) is 8.99. The van der Waals surface area contributed by atoms with Crippen molar-refractivity contribution in [1.82, 2.24) is 4.90 Å². The van der Waals surface area contributed by atoms with Gasteiger partial charge in [-0.05, 0) is 58.1 Å². The average Bonchev–Trinajstić information content (AvgIpc) is 2.34. The zero-order valence-corrected chi connectivity index (χ0v) is 12.1. The lowest BCUT2D eigenvalue weighted by atomic mass is 10.1. The SMILES string of the molecule is Cc1cccc(NC(=O)[C@@H](N)CCCCN(C)C)c1. The fraction of sp³-hybridized carbons (Fsp3) is 0.533. The van der Waals surface area contributed by atoms with Crippen LogP contribution in [0.1, 0.15) is 24.8 Å². The van der Waals surface area contributed by atoms with E-state index in [1.54, 1.807) is 0 Å². The summed E-state index contributed by atoms with van der Waals surface area (Å²) >= 11 is 0. The third-order valence-corrected chi connectivity index (χ3v) is 2.99. The summed E-state index contributed by atoms with van der Waals surface area (Å²) in [5, 5.41) is 2.86. The standard InChI is InChI=1S/C15H25N3O/c1-12-7-6-8-13(11-12)17-15(19)14(16)9-4-5-10-18(2)3/h6-8,11,14H,4-5,9-10,16H2,1-3H3,(H,17,19)/t14-/m0/s1. The largest absolute Gasteiger partial charge is 0.325 e. The molecule has 0 spiro atoms. The van der Waals surface area contributed by atoms with Crippen LogP contribution in [0.25, 0.3) is 0 Å². The van der Waals surface area contributed by atoms with Crippen LogP contribution in [0.15, 0.2) is 24.3 Å². The van der Waals surface area contributed by atoms with Gasteiger partial charge in [0.15, 0.2) is 0 Å². The molecule has 1 rings (SSSR count). The zero-order valence-electron chi connectivity index (χ0n) is 12.1. The third kappa shape index (κ3) is 6.36. The lowest BCUT2D eigenvalue weighted by Crippen LogP contribution is -2.35. The maximum absolute atomic E-state index is 11.9. The first kappa shape index (κ1) is 15.7. The number of unbranched alkanes of at least 4 members (excludes halogenated alkanes) is 1. The number of nitrogens with one attached hydrogen (secondary N) is 1. The number of aryl methyl sites for hydroxylation is 1. The molecule has 0 radical (unpaired) electrons. The maximum atomic E-state index is 11.9. The molecule has 0 aliphatic carbocycles. The van der Waals surface area contributed by atoms with Crippen LogP contribution >= 0.6 is 0 Å². The number of benzene rings is 1. The molecule has 3 N–H and O–H groups in total. The van der Waals surface area contributed by atoms with Gasteiger partial charge in [-0.3, -0.25) is 4.79 Å². The fourth-order valence-corrected chi connectivity index (χ4v) is 1.88. The van der Waals surface area contributed by atoms with Gasteiger partial charge in [0.05, 0.1) is 6.04 Å². The highest BCUT2D eigenvalue weighted by Gasteiger charge is 2.13. The minimum Gasteiger partial charge on any atom is -0.325 e. The monoisotopic (exact) mass is 263 g/mol. The van der Waals surface area contributed by atoms with Crippen molar-refractivity contribution in [2.45, 2.75) is 32.2 Å². The van der Waals surface area contributed by atoms with Gasteiger partial charge in [-0.25, -0.2) is 0 Å². The molecule has 0 aliphatic heterocycles. The summed E-state index contributed by atoms with van der Waals surface area (Å²) in [6.45, 7) is 3.03. The van der Waals surface area contributed by atoms with Crippen molar-refractivity contribution in [3.8, 4) is 0 Å². The van der Waals surface area contributed by atoms with Crippen LogP contribution in [0, 0.1) is 6.92 Å². The smallest absolute Gasteiger partial charge is 0.241 e. The van der Waals surface area contributed by atoms with Crippen LogP contribution in [-0.2, 0) is 4.79 Å². The molecule has 1 atom stereocenters. The van der Waals surface area contributed by atoms with E-state index in [9.17, 15) is 4.79 Å². The van der Waals surface area contributed by atoms with Crippen LogP contribution in [0.5, 0.6) is 0 Å². The molecule has 1 aromatic carbocycles. The Morgan fingerprint density at radius 2 is 2.11 bits per heavy atom. The van der Waals surface area contributed by atoms with Crippen molar-refractivity contribution in [1.29, 1.82) is 0 Å². The Labute approximate surface area is 116 Å². The molecule has 0 unspecified atom stereocenters. The predicted molar refractivity (Wildman–Crippen MR) is 80.2 cm³/mol. The van der Waals surface area contributed by atoms with Gasteiger partial charge in [-0.1, -0.05) is 18.6 Å². The molecule has 19 heavy (non-hydrogen) atoms. The van der Waals surface area contributed by atoms with Crippen molar-refractivity contribution in [3.05, 3.63) is 29.8 Å². The number of hydrogen-bond donors (Lipinski definition) is 2. The van der Waals surface area contributed by atoms with Crippen molar-refractivity contribution in [2.75, 3.05) is 26.0 Å². The first-order valence-electron chi connectivity index (χ1n) is 6.77. The van der Waals surface area contributed by atoms with E-state index < -0.39 is 6.04 Å². The van der Waals surface area contributed by atoms with Gasteiger partial charge in [0, 0.05) is 5.69 Å². The van der Waals surface area contributed by atoms with Gasteiger partial charge in [0.2, 0.25) is 5.91 Å². The molecule has 0 saturated heterocycles. The summed E-state index contributed by atoms with van der Waals surface area (Å²) in [4.78, 5) is 14.0. The fourth-order valence-electron chi connectivity index (χ4n) is 1.88. The van der Waals surface area contributed by atoms with Crippen molar-refractivity contribution >= 4 is 11.6 Å². The summed E-state index contributed by atoms with van der Waals surface area (Å²) in [5.41, 5.74) is 7.83. The Hall–Kier alpha value is -1.39. The number of hydrogen-bond acceptors (Lipinski definition) is 3. The summed E-state index contributed by atoms with van der Waals surface area (Å²) in [6, 6.07) is 7.31. The molecule has 0 heterocycles. The van der Waals surface area contributed by atoms with E-state index in [4.69, 9.17) is 5.73 Å². The second-order valence-corrected chi connectivity index (χ2v) is 5.26. The van der Waals surface area contributed by atoms with E-state index in [0.717, 1.165) is 37.1 Å². The van der Waals surface area contributed by atoms with Crippen LogP contribution in [0.4, 0.5) is 5.69 Å². The van der Waals surface area contributed by atoms with Gasteiger partial charge in [0.25, 0.3) is 0 Å². The molecule has 4 nitrogen and oxygen atoms in total. The predicted octanol–water partition coefficient (Wildman–Crippen LogP) is 1.99. The van der Waals surface area contributed by atoms with Crippen LogP contribution in [-0.4, -0.2) is 37.5 Å².